The number of aromatic nitrogens is 2. The minimum atomic E-state index is -0.668. The van der Waals surface area contributed by atoms with Crippen LogP contribution in [0.15, 0.2) is 82.5 Å². The van der Waals surface area contributed by atoms with E-state index in [0.717, 1.165) is 10.5 Å². The van der Waals surface area contributed by atoms with Crippen LogP contribution in [0, 0.1) is 0 Å². The molecule has 3 amide bonds. The van der Waals surface area contributed by atoms with E-state index in [0.29, 0.717) is 22.2 Å². The van der Waals surface area contributed by atoms with Crippen LogP contribution in [0.1, 0.15) is 26.4 Å². The van der Waals surface area contributed by atoms with Crippen molar-refractivity contribution in [3.05, 3.63) is 100.0 Å². The Hall–Kier alpha value is -4.44. The van der Waals surface area contributed by atoms with Gasteiger partial charge in [-0.15, -0.1) is 11.8 Å². The number of rotatable bonds is 4. The maximum absolute atomic E-state index is 13.0. The van der Waals surface area contributed by atoms with E-state index in [-0.39, 0.29) is 29.3 Å². The smallest absolute Gasteiger partial charge is 0.290 e. The second-order valence-corrected chi connectivity index (χ2v) is 8.82. The summed E-state index contributed by atoms with van der Waals surface area (Å²) in [5, 5.41) is 7.75. The molecular formula is C25H19N5O4S. The predicted octanol–water partition coefficient (Wildman–Crippen LogP) is 2.56. The van der Waals surface area contributed by atoms with Crippen LogP contribution in [-0.2, 0) is 11.3 Å². The average molecular weight is 486 g/mol. The number of benzene rings is 3. The summed E-state index contributed by atoms with van der Waals surface area (Å²) in [6.45, 7) is 0.190. The maximum Gasteiger partial charge on any atom is 0.290 e. The molecule has 3 N–H and O–H groups in total. The Kier molecular flexibility index (Phi) is 6.02. The molecular weight excluding hydrogens is 466 g/mol. The van der Waals surface area contributed by atoms with Crippen LogP contribution in [0.5, 0.6) is 0 Å². The minimum Gasteiger partial charge on any atom is -0.324 e. The Morgan fingerprint density at radius 3 is 2.43 bits per heavy atom. The molecule has 5 rings (SSSR count). The van der Waals surface area contributed by atoms with Gasteiger partial charge < -0.3 is 5.32 Å². The summed E-state index contributed by atoms with van der Waals surface area (Å²) in [5.74, 6) is -1.05. The van der Waals surface area contributed by atoms with Crippen LogP contribution >= 0.6 is 11.8 Å². The predicted molar refractivity (Wildman–Crippen MR) is 132 cm³/mol. The zero-order chi connectivity index (χ0) is 24.4. The molecule has 9 nitrogen and oxygen atoms in total. The summed E-state index contributed by atoms with van der Waals surface area (Å²) >= 11 is 1.39. The number of nitrogens with one attached hydrogen (secondary N) is 3. The number of carbonyl (C=O) groups is 3. The van der Waals surface area contributed by atoms with Crippen LogP contribution in [0.4, 0.5) is 5.69 Å². The van der Waals surface area contributed by atoms with Crippen molar-refractivity contribution in [2.24, 2.45) is 0 Å². The highest BCUT2D eigenvalue weighted by Crippen LogP contribution is 2.31. The first-order valence-electron chi connectivity index (χ1n) is 10.7. The summed E-state index contributed by atoms with van der Waals surface area (Å²) < 4.78 is 1.23. The topological polar surface area (TPSA) is 122 Å². The first kappa shape index (κ1) is 22.4. The molecule has 174 valence electrons. The fourth-order valence-electron chi connectivity index (χ4n) is 3.74. The lowest BCUT2D eigenvalue weighted by Crippen LogP contribution is -2.43. The second kappa shape index (κ2) is 9.43. The molecule has 0 radical (unpaired) electrons. The van der Waals surface area contributed by atoms with Crippen molar-refractivity contribution >= 4 is 45.9 Å². The zero-order valence-electron chi connectivity index (χ0n) is 18.3. The van der Waals surface area contributed by atoms with E-state index >= 15 is 0 Å². The molecule has 35 heavy (non-hydrogen) atoms. The van der Waals surface area contributed by atoms with Crippen LogP contribution in [0.2, 0.25) is 0 Å². The SMILES string of the molecule is O=C1CSc2ccc(C(=O)NNC(=O)c3nn(Cc4ccccc4)c(=O)c4ccccc34)cc2N1. The Labute approximate surface area is 203 Å². The van der Waals surface area contributed by atoms with Gasteiger partial charge in [0.05, 0.1) is 23.4 Å². The lowest BCUT2D eigenvalue weighted by Gasteiger charge is -2.17. The van der Waals surface area contributed by atoms with Gasteiger partial charge in [-0.1, -0.05) is 48.5 Å². The van der Waals surface area contributed by atoms with Crippen LogP contribution in [0.3, 0.4) is 0 Å². The molecule has 0 unspecified atom stereocenters. The van der Waals surface area contributed by atoms with E-state index in [1.165, 1.54) is 16.4 Å². The Morgan fingerprint density at radius 1 is 0.914 bits per heavy atom. The summed E-state index contributed by atoms with van der Waals surface area (Å²) in [6, 6.07) is 20.9. The standard InChI is InChI=1S/C25H19N5O4S/c31-21-14-35-20-11-10-16(12-19(20)26-21)23(32)27-28-24(33)22-17-8-4-5-9-18(17)25(34)30(29-22)13-15-6-2-1-3-7-15/h1-12H,13-14H2,(H,26,31)(H,27,32)(H,28,33). The Morgan fingerprint density at radius 2 is 1.63 bits per heavy atom. The van der Waals surface area contributed by atoms with Crippen molar-refractivity contribution in [1.82, 2.24) is 20.6 Å². The van der Waals surface area contributed by atoms with Gasteiger partial charge in [-0.05, 0) is 29.8 Å². The van der Waals surface area contributed by atoms with E-state index in [2.05, 4.69) is 21.3 Å². The van der Waals surface area contributed by atoms with Crippen molar-refractivity contribution in [1.29, 1.82) is 0 Å². The Bertz CT molecular complexity index is 1530. The third-order valence-corrected chi connectivity index (χ3v) is 6.50. The molecule has 4 aromatic rings. The highest BCUT2D eigenvalue weighted by Gasteiger charge is 2.20. The van der Waals surface area contributed by atoms with Gasteiger partial charge >= 0.3 is 0 Å². The van der Waals surface area contributed by atoms with Gasteiger partial charge in [0.15, 0.2) is 5.69 Å². The van der Waals surface area contributed by atoms with Crippen molar-refractivity contribution < 1.29 is 14.4 Å². The monoisotopic (exact) mass is 485 g/mol. The number of hydrazine groups is 1. The molecule has 0 fully saturated rings. The van der Waals surface area contributed by atoms with E-state index in [4.69, 9.17) is 0 Å². The number of thioether (sulfide) groups is 1. The molecule has 3 aromatic carbocycles. The van der Waals surface area contributed by atoms with E-state index in [1.54, 1.807) is 42.5 Å². The molecule has 0 atom stereocenters. The van der Waals surface area contributed by atoms with Crippen molar-refractivity contribution in [2.45, 2.75) is 11.4 Å². The van der Waals surface area contributed by atoms with Gasteiger partial charge in [0.2, 0.25) is 5.91 Å². The minimum absolute atomic E-state index is 0.00513. The van der Waals surface area contributed by atoms with Crippen molar-refractivity contribution in [3.8, 4) is 0 Å². The van der Waals surface area contributed by atoms with E-state index in [9.17, 15) is 19.2 Å². The fourth-order valence-corrected chi connectivity index (χ4v) is 4.52. The van der Waals surface area contributed by atoms with Gasteiger partial charge in [-0.25, -0.2) is 4.68 Å². The van der Waals surface area contributed by atoms with Crippen LogP contribution in [0.25, 0.3) is 10.8 Å². The van der Waals surface area contributed by atoms with Crippen LogP contribution < -0.4 is 21.7 Å². The number of hydrogen-bond donors (Lipinski definition) is 3. The first-order chi connectivity index (χ1) is 17.0. The van der Waals surface area contributed by atoms with Crippen LogP contribution in [-0.4, -0.2) is 33.3 Å². The number of carbonyl (C=O) groups excluding carboxylic acids is 3. The van der Waals surface area contributed by atoms with Gasteiger partial charge in [0.25, 0.3) is 17.4 Å². The highest BCUT2D eigenvalue weighted by molar-refractivity contribution is 8.00. The third-order valence-electron chi connectivity index (χ3n) is 5.42. The molecule has 0 bridgehead atoms. The summed E-state index contributed by atoms with van der Waals surface area (Å²) in [6.07, 6.45) is 0. The lowest BCUT2D eigenvalue weighted by atomic mass is 10.1. The summed E-state index contributed by atoms with van der Waals surface area (Å²) in [5.41, 5.74) is 6.11. The van der Waals surface area contributed by atoms with Gasteiger partial charge in [0.1, 0.15) is 0 Å². The molecule has 1 aliphatic heterocycles. The van der Waals surface area contributed by atoms with Gasteiger partial charge in [-0.3, -0.25) is 30.0 Å². The lowest BCUT2D eigenvalue weighted by molar-refractivity contribution is -0.113. The van der Waals surface area contributed by atoms with Gasteiger partial charge in [0, 0.05) is 15.8 Å². The van der Waals surface area contributed by atoms with Crippen molar-refractivity contribution in [2.75, 3.05) is 11.1 Å². The molecule has 0 aliphatic carbocycles. The quantitative estimate of drug-likeness (QED) is 0.382. The number of anilines is 1. The number of fused-ring (bicyclic) bond motifs is 2. The highest BCUT2D eigenvalue weighted by atomic mass is 32.2. The zero-order valence-corrected chi connectivity index (χ0v) is 19.1. The summed E-state index contributed by atoms with van der Waals surface area (Å²) in [4.78, 5) is 51.1. The first-order valence-corrected chi connectivity index (χ1v) is 11.7. The molecule has 0 saturated carbocycles. The molecule has 2 heterocycles. The average Bonchev–Trinajstić information content (AvgIpc) is 2.89. The molecule has 0 spiro atoms. The summed E-state index contributed by atoms with van der Waals surface area (Å²) in [7, 11) is 0. The van der Waals surface area contributed by atoms with Gasteiger partial charge in [-0.2, -0.15) is 5.10 Å². The largest absolute Gasteiger partial charge is 0.324 e. The van der Waals surface area contributed by atoms with Crippen molar-refractivity contribution in [3.63, 3.8) is 0 Å². The molecule has 1 aliphatic rings. The van der Waals surface area contributed by atoms with E-state index < -0.39 is 11.8 Å². The number of nitrogens with zero attached hydrogens (tertiary/aromatic N) is 2. The van der Waals surface area contributed by atoms with E-state index in [1.807, 2.05) is 30.3 Å². The normalized spacial score (nSPS) is 12.5. The number of amides is 3. The number of hydrogen-bond acceptors (Lipinski definition) is 6. The third kappa shape index (κ3) is 4.64. The fraction of sp³-hybridized carbons (Fsp3) is 0.0800. The maximum atomic E-state index is 13.0. The second-order valence-electron chi connectivity index (χ2n) is 7.80. The molecule has 0 saturated heterocycles. The molecule has 10 heteroatoms. The Balaban J connectivity index is 1.39. The molecule has 1 aromatic heterocycles.